The second kappa shape index (κ2) is 12.6. The molecule has 0 aliphatic carbocycles. The number of benzene rings is 2. The average Bonchev–Trinajstić information content (AvgIpc) is 3.38. The zero-order chi connectivity index (χ0) is 29.6. The standard InChI is InChI=1S/C28H27N9O2.C2H6O/c1-4-26(38)37-13-11-36(12-14-37)25-10-7-21-27(32-25)28(30-17-29-21)31-19-5-9-24(18(2)15-19)39-20-6-8-23-22(16-20)33-34-35(23)3;1-3-2/h4-10,15-17H,1,11-14H2,2-3H3,(H,29,30,31);1-2H3. The lowest BCUT2D eigenvalue weighted by Crippen LogP contribution is -2.48. The fraction of sp³-hybridized carbons (Fsp3) is 0.267. The van der Waals surface area contributed by atoms with Crippen LogP contribution in [0.15, 0.2) is 67.5 Å². The van der Waals surface area contributed by atoms with Crippen LogP contribution in [-0.2, 0) is 16.6 Å². The normalized spacial score (nSPS) is 13.0. The van der Waals surface area contributed by atoms with Crippen molar-refractivity contribution in [1.29, 1.82) is 0 Å². The van der Waals surface area contributed by atoms with Crippen LogP contribution in [0.4, 0.5) is 17.3 Å². The number of carbonyl (C=O) groups excluding carboxylic acids is 1. The highest BCUT2D eigenvalue weighted by Crippen LogP contribution is 2.31. The van der Waals surface area contributed by atoms with Crippen LogP contribution in [0, 0.1) is 6.92 Å². The fourth-order valence-corrected chi connectivity index (χ4v) is 4.67. The van der Waals surface area contributed by atoms with Crippen molar-refractivity contribution in [3.63, 3.8) is 0 Å². The molecular formula is C30H33N9O3. The summed E-state index contributed by atoms with van der Waals surface area (Å²) in [5.41, 5.74) is 4.95. The predicted molar refractivity (Wildman–Crippen MR) is 162 cm³/mol. The highest BCUT2D eigenvalue weighted by Gasteiger charge is 2.21. The molecule has 216 valence electrons. The van der Waals surface area contributed by atoms with Gasteiger partial charge in [0.2, 0.25) is 5.91 Å². The lowest BCUT2D eigenvalue weighted by atomic mass is 10.2. The van der Waals surface area contributed by atoms with E-state index in [1.165, 1.54) is 12.4 Å². The molecule has 1 aliphatic rings. The van der Waals surface area contributed by atoms with Gasteiger partial charge in [-0.1, -0.05) is 11.8 Å². The molecule has 0 unspecified atom stereocenters. The summed E-state index contributed by atoms with van der Waals surface area (Å²) in [6.45, 7) is 8.21. The number of pyridine rings is 1. The van der Waals surface area contributed by atoms with E-state index in [9.17, 15) is 4.79 Å². The summed E-state index contributed by atoms with van der Waals surface area (Å²) in [5.74, 6) is 2.83. The Morgan fingerprint density at radius 2 is 1.79 bits per heavy atom. The van der Waals surface area contributed by atoms with E-state index in [2.05, 4.69) is 41.8 Å². The van der Waals surface area contributed by atoms with Crippen molar-refractivity contribution >= 4 is 45.3 Å². The molecule has 6 rings (SSSR count). The zero-order valence-electron chi connectivity index (χ0n) is 24.1. The molecule has 1 amide bonds. The van der Waals surface area contributed by atoms with Crippen LogP contribution in [0.25, 0.3) is 22.1 Å². The lowest BCUT2D eigenvalue weighted by molar-refractivity contribution is -0.126. The summed E-state index contributed by atoms with van der Waals surface area (Å²) in [7, 11) is 5.11. The first-order valence-electron chi connectivity index (χ1n) is 13.4. The number of aromatic nitrogens is 6. The minimum absolute atomic E-state index is 0.0423. The van der Waals surface area contributed by atoms with Crippen LogP contribution in [0.2, 0.25) is 0 Å². The molecule has 0 spiro atoms. The van der Waals surface area contributed by atoms with Crippen LogP contribution in [0.1, 0.15) is 5.56 Å². The molecule has 0 radical (unpaired) electrons. The van der Waals surface area contributed by atoms with Crippen molar-refractivity contribution in [2.24, 2.45) is 7.05 Å². The SMILES string of the molecule is C=CC(=O)N1CCN(c2ccc3ncnc(Nc4ccc(Oc5ccc6c(c5)nnn6C)c(C)c4)c3n2)CC1.COC. The highest BCUT2D eigenvalue weighted by molar-refractivity contribution is 5.89. The van der Waals surface area contributed by atoms with Crippen LogP contribution in [0.3, 0.4) is 0 Å². The number of ether oxygens (including phenoxy) is 2. The number of hydrogen-bond donors (Lipinski definition) is 1. The van der Waals surface area contributed by atoms with Crippen LogP contribution in [0.5, 0.6) is 11.5 Å². The molecule has 1 N–H and O–H groups in total. The Bertz CT molecular complexity index is 1730. The first-order valence-corrected chi connectivity index (χ1v) is 13.4. The van der Waals surface area contributed by atoms with E-state index in [4.69, 9.17) is 9.72 Å². The number of amides is 1. The number of hydrogen-bond acceptors (Lipinski definition) is 10. The Morgan fingerprint density at radius 1 is 1.00 bits per heavy atom. The van der Waals surface area contributed by atoms with E-state index in [1.807, 2.05) is 62.5 Å². The summed E-state index contributed by atoms with van der Waals surface area (Å²) >= 11 is 0. The van der Waals surface area contributed by atoms with Gasteiger partial charge in [-0.15, -0.1) is 5.10 Å². The molecule has 1 aliphatic heterocycles. The summed E-state index contributed by atoms with van der Waals surface area (Å²) in [6.07, 6.45) is 2.89. The minimum atomic E-state index is -0.0423. The zero-order valence-corrected chi connectivity index (χ0v) is 24.1. The Balaban J connectivity index is 0.00000113. The smallest absolute Gasteiger partial charge is 0.246 e. The average molecular weight is 568 g/mol. The monoisotopic (exact) mass is 567 g/mol. The number of fused-ring (bicyclic) bond motifs is 2. The molecule has 4 heterocycles. The van der Waals surface area contributed by atoms with Gasteiger partial charge in [-0.05, 0) is 61.0 Å². The van der Waals surface area contributed by atoms with Gasteiger partial charge in [0.25, 0.3) is 0 Å². The van der Waals surface area contributed by atoms with Gasteiger partial charge in [0, 0.05) is 59.2 Å². The molecule has 3 aromatic heterocycles. The van der Waals surface area contributed by atoms with Crippen molar-refractivity contribution in [2.75, 3.05) is 50.6 Å². The number of carbonyl (C=O) groups is 1. The number of piperazine rings is 1. The molecule has 12 nitrogen and oxygen atoms in total. The van der Waals surface area contributed by atoms with Crippen molar-refractivity contribution in [1.82, 2.24) is 34.8 Å². The molecule has 12 heteroatoms. The molecule has 0 saturated carbocycles. The number of rotatable bonds is 6. The van der Waals surface area contributed by atoms with E-state index in [0.29, 0.717) is 43.3 Å². The number of nitrogens with one attached hydrogen (secondary N) is 1. The topological polar surface area (TPSA) is 123 Å². The molecule has 0 atom stereocenters. The maximum atomic E-state index is 11.9. The molecule has 2 aromatic carbocycles. The quantitative estimate of drug-likeness (QED) is 0.298. The predicted octanol–water partition coefficient (Wildman–Crippen LogP) is 4.25. The molecule has 1 fully saturated rings. The number of nitrogens with zero attached hydrogens (tertiary/aromatic N) is 8. The van der Waals surface area contributed by atoms with E-state index in [-0.39, 0.29) is 5.91 Å². The van der Waals surface area contributed by atoms with Gasteiger partial charge in [0.1, 0.15) is 34.7 Å². The van der Waals surface area contributed by atoms with Gasteiger partial charge in [0.15, 0.2) is 5.82 Å². The van der Waals surface area contributed by atoms with Crippen LogP contribution >= 0.6 is 0 Å². The van der Waals surface area contributed by atoms with Gasteiger partial charge >= 0.3 is 0 Å². The van der Waals surface area contributed by atoms with E-state index in [0.717, 1.165) is 39.4 Å². The third-order valence-electron chi connectivity index (χ3n) is 6.80. The first-order chi connectivity index (χ1) is 20.4. The van der Waals surface area contributed by atoms with Crippen LogP contribution in [-0.4, -0.2) is 81.2 Å². The third-order valence-corrected chi connectivity index (χ3v) is 6.80. The number of methoxy groups -OCH3 is 1. The molecule has 42 heavy (non-hydrogen) atoms. The lowest BCUT2D eigenvalue weighted by Gasteiger charge is -2.35. The number of anilines is 3. The largest absolute Gasteiger partial charge is 0.457 e. The van der Waals surface area contributed by atoms with E-state index >= 15 is 0 Å². The molecule has 5 aromatic rings. The van der Waals surface area contributed by atoms with Gasteiger partial charge in [-0.3, -0.25) is 4.79 Å². The minimum Gasteiger partial charge on any atom is -0.457 e. The highest BCUT2D eigenvalue weighted by atomic mass is 16.5. The molecule has 1 saturated heterocycles. The third kappa shape index (κ3) is 6.13. The second-order valence-electron chi connectivity index (χ2n) is 9.76. The van der Waals surface area contributed by atoms with Crippen molar-refractivity contribution in [3.05, 3.63) is 73.1 Å². The van der Waals surface area contributed by atoms with E-state index < -0.39 is 0 Å². The summed E-state index contributed by atoms with van der Waals surface area (Å²) in [4.78, 5) is 29.6. The van der Waals surface area contributed by atoms with Gasteiger partial charge < -0.3 is 24.6 Å². The number of aryl methyl sites for hydroxylation is 2. The van der Waals surface area contributed by atoms with Crippen molar-refractivity contribution < 1.29 is 14.3 Å². The summed E-state index contributed by atoms with van der Waals surface area (Å²) < 4.78 is 12.1. The summed E-state index contributed by atoms with van der Waals surface area (Å²) in [6, 6.07) is 15.5. The molecular weight excluding hydrogens is 534 g/mol. The van der Waals surface area contributed by atoms with E-state index in [1.54, 1.807) is 23.8 Å². The Morgan fingerprint density at radius 3 is 2.52 bits per heavy atom. The summed E-state index contributed by atoms with van der Waals surface area (Å²) in [5, 5.41) is 11.6. The maximum Gasteiger partial charge on any atom is 0.246 e. The van der Waals surface area contributed by atoms with Crippen LogP contribution < -0.4 is 15.0 Å². The Labute approximate surface area is 243 Å². The fourth-order valence-electron chi connectivity index (χ4n) is 4.67. The Hall–Kier alpha value is -5.10. The maximum absolute atomic E-state index is 11.9. The van der Waals surface area contributed by atoms with Gasteiger partial charge in [0.05, 0.1) is 11.0 Å². The van der Waals surface area contributed by atoms with Gasteiger partial charge in [-0.25, -0.2) is 19.6 Å². The van der Waals surface area contributed by atoms with Gasteiger partial charge in [-0.2, -0.15) is 0 Å². The second-order valence-corrected chi connectivity index (χ2v) is 9.76. The Kier molecular flexibility index (Phi) is 8.53. The molecule has 0 bridgehead atoms. The van der Waals surface area contributed by atoms with Crippen molar-refractivity contribution in [3.8, 4) is 11.5 Å². The van der Waals surface area contributed by atoms with Crippen molar-refractivity contribution in [2.45, 2.75) is 6.92 Å². The first kappa shape index (κ1) is 28.4.